The second-order valence-corrected chi connectivity index (χ2v) is 4.14. The summed E-state index contributed by atoms with van der Waals surface area (Å²) in [7, 11) is 1.44. The van der Waals surface area contributed by atoms with Crippen molar-refractivity contribution in [2.75, 3.05) is 20.3 Å². The van der Waals surface area contributed by atoms with E-state index in [0.29, 0.717) is 30.4 Å². The predicted octanol–water partition coefficient (Wildman–Crippen LogP) is 2.24. The number of methoxy groups -OCH3 is 1. The second-order valence-electron chi connectivity index (χ2n) is 4.14. The molecule has 0 aliphatic carbocycles. The molecule has 0 saturated carbocycles. The minimum Gasteiger partial charge on any atom is -0.490 e. The van der Waals surface area contributed by atoms with Crippen LogP contribution in [0.4, 0.5) is 0 Å². The normalized spacial score (nSPS) is 10.2. The van der Waals surface area contributed by atoms with Crippen molar-refractivity contribution < 1.29 is 14.2 Å². The highest BCUT2D eigenvalue weighted by Gasteiger charge is 2.14. The summed E-state index contributed by atoms with van der Waals surface area (Å²) in [6.45, 7) is 4.87. The van der Waals surface area contributed by atoms with Gasteiger partial charge in [0.15, 0.2) is 11.5 Å². The minimum atomic E-state index is -0.325. The van der Waals surface area contributed by atoms with Crippen LogP contribution in [0.2, 0.25) is 0 Å². The molecule has 1 N–H and O–H groups in total. The van der Waals surface area contributed by atoms with Gasteiger partial charge in [-0.05, 0) is 32.0 Å². The monoisotopic (exact) mass is 290 g/mol. The molecule has 0 radical (unpaired) electrons. The number of nitrogens with one attached hydrogen (secondary N) is 1. The first-order valence-electron chi connectivity index (χ1n) is 6.72. The van der Waals surface area contributed by atoms with Crippen LogP contribution in [0.25, 0.3) is 11.3 Å². The van der Waals surface area contributed by atoms with Gasteiger partial charge in [-0.3, -0.25) is 4.79 Å². The standard InChI is InChI=1S/C15H18N2O4/c1-4-20-11-7-6-10(8-12(11)21-5-2)13-14(19-3)15(18)17-9-16-13/h6-9H,4-5H2,1-3H3,(H,16,17,18). The van der Waals surface area contributed by atoms with Crippen LogP contribution in [0.1, 0.15) is 13.8 Å². The summed E-state index contributed by atoms with van der Waals surface area (Å²) in [5, 5.41) is 0. The van der Waals surface area contributed by atoms with Gasteiger partial charge in [0.2, 0.25) is 5.75 Å². The van der Waals surface area contributed by atoms with Gasteiger partial charge in [-0.1, -0.05) is 0 Å². The highest BCUT2D eigenvalue weighted by Crippen LogP contribution is 2.34. The molecule has 2 aromatic rings. The highest BCUT2D eigenvalue weighted by molar-refractivity contribution is 5.68. The van der Waals surface area contributed by atoms with Gasteiger partial charge in [0.25, 0.3) is 5.56 Å². The van der Waals surface area contributed by atoms with E-state index < -0.39 is 0 Å². The molecule has 0 unspecified atom stereocenters. The van der Waals surface area contributed by atoms with Crippen LogP contribution in [0.3, 0.4) is 0 Å². The fraction of sp³-hybridized carbons (Fsp3) is 0.333. The molecule has 6 nitrogen and oxygen atoms in total. The zero-order valence-electron chi connectivity index (χ0n) is 12.3. The molecule has 0 bridgehead atoms. The molecule has 21 heavy (non-hydrogen) atoms. The molecule has 1 heterocycles. The second kappa shape index (κ2) is 6.78. The Kier molecular flexibility index (Phi) is 4.81. The average Bonchev–Trinajstić information content (AvgIpc) is 2.49. The number of aromatic amines is 1. The van der Waals surface area contributed by atoms with Gasteiger partial charge in [-0.2, -0.15) is 0 Å². The summed E-state index contributed by atoms with van der Waals surface area (Å²) >= 11 is 0. The summed E-state index contributed by atoms with van der Waals surface area (Å²) in [5.41, 5.74) is 0.865. The van der Waals surface area contributed by atoms with Crippen LogP contribution in [0, 0.1) is 0 Å². The molecule has 0 amide bonds. The first-order chi connectivity index (χ1) is 10.2. The number of rotatable bonds is 6. The smallest absolute Gasteiger partial charge is 0.293 e. The van der Waals surface area contributed by atoms with Crippen molar-refractivity contribution in [2.24, 2.45) is 0 Å². The van der Waals surface area contributed by atoms with Gasteiger partial charge < -0.3 is 19.2 Å². The Bertz CT molecular complexity index is 667. The number of hydrogen-bond donors (Lipinski definition) is 1. The van der Waals surface area contributed by atoms with Gasteiger partial charge in [0.1, 0.15) is 5.69 Å². The number of H-pyrrole nitrogens is 1. The number of ether oxygens (including phenoxy) is 3. The van der Waals surface area contributed by atoms with Crippen molar-refractivity contribution in [1.29, 1.82) is 0 Å². The average molecular weight is 290 g/mol. The topological polar surface area (TPSA) is 73.4 Å². The third kappa shape index (κ3) is 3.16. The van der Waals surface area contributed by atoms with E-state index in [9.17, 15) is 4.79 Å². The van der Waals surface area contributed by atoms with Crippen molar-refractivity contribution in [2.45, 2.75) is 13.8 Å². The van der Waals surface area contributed by atoms with Crippen LogP contribution in [-0.2, 0) is 0 Å². The maximum absolute atomic E-state index is 11.7. The highest BCUT2D eigenvalue weighted by atomic mass is 16.5. The maximum atomic E-state index is 11.7. The Labute approximate surface area is 122 Å². The van der Waals surface area contributed by atoms with E-state index in [1.807, 2.05) is 19.9 Å². The van der Waals surface area contributed by atoms with Gasteiger partial charge in [0, 0.05) is 5.56 Å². The molecule has 0 spiro atoms. The first kappa shape index (κ1) is 14.9. The van der Waals surface area contributed by atoms with E-state index in [1.54, 1.807) is 12.1 Å². The SMILES string of the molecule is CCOc1ccc(-c2nc[nH]c(=O)c2OC)cc1OCC. The lowest BCUT2D eigenvalue weighted by atomic mass is 10.1. The van der Waals surface area contributed by atoms with Crippen LogP contribution in [0.15, 0.2) is 29.3 Å². The summed E-state index contributed by atoms with van der Waals surface area (Å²) in [4.78, 5) is 18.4. The van der Waals surface area contributed by atoms with Crippen molar-refractivity contribution in [3.8, 4) is 28.5 Å². The Morgan fingerprint density at radius 2 is 1.86 bits per heavy atom. The Morgan fingerprint density at radius 3 is 2.52 bits per heavy atom. The lowest BCUT2D eigenvalue weighted by Crippen LogP contribution is -2.11. The predicted molar refractivity (Wildman–Crippen MR) is 79.2 cm³/mol. The van der Waals surface area contributed by atoms with E-state index in [1.165, 1.54) is 13.4 Å². The van der Waals surface area contributed by atoms with Gasteiger partial charge >= 0.3 is 0 Å². The fourth-order valence-corrected chi connectivity index (χ4v) is 1.98. The lowest BCUT2D eigenvalue weighted by molar-refractivity contribution is 0.288. The Morgan fingerprint density at radius 1 is 1.14 bits per heavy atom. The quantitative estimate of drug-likeness (QED) is 0.883. The maximum Gasteiger partial charge on any atom is 0.293 e. The van der Waals surface area contributed by atoms with E-state index in [4.69, 9.17) is 14.2 Å². The first-order valence-corrected chi connectivity index (χ1v) is 6.72. The molecule has 0 atom stereocenters. The Hall–Kier alpha value is -2.50. The third-order valence-electron chi connectivity index (χ3n) is 2.83. The van der Waals surface area contributed by atoms with Gasteiger partial charge in [-0.15, -0.1) is 0 Å². The van der Waals surface area contributed by atoms with Gasteiger partial charge in [0.05, 0.1) is 26.7 Å². The molecule has 112 valence electrons. The fourth-order valence-electron chi connectivity index (χ4n) is 1.98. The molecule has 0 aliphatic heterocycles. The van der Waals surface area contributed by atoms with E-state index in [0.717, 1.165) is 5.56 Å². The number of aromatic nitrogens is 2. The van der Waals surface area contributed by atoms with Crippen LogP contribution < -0.4 is 19.8 Å². The minimum absolute atomic E-state index is 0.170. The zero-order chi connectivity index (χ0) is 15.2. The van der Waals surface area contributed by atoms with Crippen molar-refractivity contribution in [3.63, 3.8) is 0 Å². The van der Waals surface area contributed by atoms with Crippen molar-refractivity contribution >= 4 is 0 Å². The van der Waals surface area contributed by atoms with Crippen LogP contribution in [0.5, 0.6) is 17.2 Å². The zero-order valence-corrected chi connectivity index (χ0v) is 12.3. The lowest BCUT2D eigenvalue weighted by Gasteiger charge is -2.13. The van der Waals surface area contributed by atoms with Crippen molar-refractivity contribution in [3.05, 3.63) is 34.9 Å². The molecule has 1 aromatic carbocycles. The molecule has 1 aromatic heterocycles. The van der Waals surface area contributed by atoms with E-state index in [2.05, 4.69) is 9.97 Å². The molecule has 2 rings (SSSR count). The summed E-state index contributed by atoms with van der Waals surface area (Å²) in [6, 6.07) is 5.41. The van der Waals surface area contributed by atoms with Crippen molar-refractivity contribution in [1.82, 2.24) is 9.97 Å². The van der Waals surface area contributed by atoms with E-state index in [-0.39, 0.29) is 11.3 Å². The molecular weight excluding hydrogens is 272 g/mol. The number of benzene rings is 1. The molecule has 0 fully saturated rings. The Balaban J connectivity index is 2.52. The molecule has 0 saturated heterocycles. The summed E-state index contributed by atoms with van der Waals surface area (Å²) in [5.74, 6) is 1.44. The summed E-state index contributed by atoms with van der Waals surface area (Å²) in [6.07, 6.45) is 1.34. The molecule has 0 aliphatic rings. The number of hydrogen-bond acceptors (Lipinski definition) is 5. The molecule has 6 heteroatoms. The van der Waals surface area contributed by atoms with Crippen LogP contribution in [-0.4, -0.2) is 30.3 Å². The largest absolute Gasteiger partial charge is 0.490 e. The molecular formula is C15H18N2O4. The summed E-state index contributed by atoms with van der Waals surface area (Å²) < 4.78 is 16.2. The van der Waals surface area contributed by atoms with Gasteiger partial charge in [-0.25, -0.2) is 4.98 Å². The van der Waals surface area contributed by atoms with E-state index >= 15 is 0 Å². The third-order valence-corrected chi connectivity index (χ3v) is 2.83. The number of nitrogens with zero attached hydrogens (tertiary/aromatic N) is 1. The van der Waals surface area contributed by atoms with Crippen LogP contribution >= 0.6 is 0 Å².